The number of hydrogen-bond donors (Lipinski definition) is 2. The SMILES string of the molecule is Cc1nc2c3c(c(C(=O)NC4CC4)cn2c1C)CCC(c1ccccc1)N3. The molecule has 5 nitrogen and oxygen atoms in total. The average Bonchev–Trinajstić information content (AvgIpc) is 3.46. The highest BCUT2D eigenvalue weighted by atomic mass is 16.1. The maximum atomic E-state index is 12.9. The lowest BCUT2D eigenvalue weighted by Gasteiger charge is -2.29. The monoisotopic (exact) mass is 360 g/mol. The predicted octanol–water partition coefficient (Wildman–Crippen LogP) is 3.94. The predicted molar refractivity (Wildman–Crippen MR) is 106 cm³/mol. The molecule has 5 rings (SSSR count). The normalized spacial score (nSPS) is 18.8. The van der Waals surface area contributed by atoms with E-state index in [0.29, 0.717) is 6.04 Å². The van der Waals surface area contributed by atoms with E-state index in [1.54, 1.807) is 0 Å². The van der Waals surface area contributed by atoms with Crippen LogP contribution in [0, 0.1) is 13.8 Å². The van der Waals surface area contributed by atoms with E-state index in [1.807, 2.05) is 19.2 Å². The molecule has 1 unspecified atom stereocenters. The molecule has 2 N–H and O–H groups in total. The summed E-state index contributed by atoms with van der Waals surface area (Å²) in [6, 6.07) is 11.1. The van der Waals surface area contributed by atoms with Gasteiger partial charge in [-0.05, 0) is 50.7 Å². The number of anilines is 1. The lowest BCUT2D eigenvalue weighted by atomic mass is 9.91. The molecule has 138 valence electrons. The van der Waals surface area contributed by atoms with Crippen molar-refractivity contribution in [3.8, 4) is 0 Å². The van der Waals surface area contributed by atoms with Crippen LogP contribution in [0.25, 0.3) is 5.65 Å². The summed E-state index contributed by atoms with van der Waals surface area (Å²) in [6.07, 6.45) is 6.00. The minimum atomic E-state index is 0.0429. The fourth-order valence-electron chi connectivity index (χ4n) is 4.01. The van der Waals surface area contributed by atoms with Crippen molar-refractivity contribution < 1.29 is 4.79 Å². The third kappa shape index (κ3) is 2.78. The molecule has 1 saturated carbocycles. The molecule has 27 heavy (non-hydrogen) atoms. The molecular weight excluding hydrogens is 336 g/mol. The van der Waals surface area contributed by atoms with Crippen LogP contribution in [0.4, 0.5) is 5.69 Å². The summed E-state index contributed by atoms with van der Waals surface area (Å²) >= 11 is 0. The molecule has 0 saturated heterocycles. The van der Waals surface area contributed by atoms with Gasteiger partial charge in [0.2, 0.25) is 0 Å². The number of fused-ring (bicyclic) bond motifs is 3. The Bertz CT molecular complexity index is 1030. The molecule has 3 heterocycles. The highest BCUT2D eigenvalue weighted by Gasteiger charge is 2.30. The van der Waals surface area contributed by atoms with Crippen molar-refractivity contribution in [2.75, 3.05) is 5.32 Å². The van der Waals surface area contributed by atoms with Crippen molar-refractivity contribution in [1.29, 1.82) is 0 Å². The van der Waals surface area contributed by atoms with Crippen LogP contribution in [0.2, 0.25) is 0 Å². The molecule has 2 aromatic heterocycles. The van der Waals surface area contributed by atoms with Crippen LogP contribution in [-0.2, 0) is 6.42 Å². The van der Waals surface area contributed by atoms with Crippen LogP contribution in [0.3, 0.4) is 0 Å². The number of amides is 1. The number of nitrogens with one attached hydrogen (secondary N) is 2. The minimum absolute atomic E-state index is 0.0429. The topological polar surface area (TPSA) is 58.4 Å². The molecule has 3 aromatic rings. The molecule has 1 atom stereocenters. The van der Waals surface area contributed by atoms with Crippen LogP contribution < -0.4 is 10.6 Å². The van der Waals surface area contributed by atoms with Gasteiger partial charge in [0, 0.05) is 17.9 Å². The van der Waals surface area contributed by atoms with Gasteiger partial charge in [0.05, 0.1) is 23.0 Å². The first-order valence-corrected chi connectivity index (χ1v) is 9.75. The van der Waals surface area contributed by atoms with Gasteiger partial charge in [0.15, 0.2) is 5.65 Å². The number of hydrogen-bond acceptors (Lipinski definition) is 3. The van der Waals surface area contributed by atoms with E-state index in [-0.39, 0.29) is 11.9 Å². The van der Waals surface area contributed by atoms with Gasteiger partial charge in [-0.15, -0.1) is 0 Å². The van der Waals surface area contributed by atoms with Gasteiger partial charge >= 0.3 is 0 Å². The third-order valence-electron chi connectivity index (χ3n) is 5.86. The molecule has 0 bridgehead atoms. The smallest absolute Gasteiger partial charge is 0.253 e. The third-order valence-corrected chi connectivity index (χ3v) is 5.86. The zero-order chi connectivity index (χ0) is 18.5. The molecule has 1 aliphatic heterocycles. The van der Waals surface area contributed by atoms with Crippen molar-refractivity contribution in [3.63, 3.8) is 0 Å². The summed E-state index contributed by atoms with van der Waals surface area (Å²) in [7, 11) is 0. The molecule has 5 heteroatoms. The number of benzene rings is 1. The fourth-order valence-corrected chi connectivity index (χ4v) is 4.01. The standard InChI is InChI=1S/C22H24N4O/c1-13-14(2)26-12-18(22(27)24-16-8-9-16)17-10-11-19(15-6-4-3-5-7-15)25-20(17)21(26)23-13/h3-7,12,16,19,25H,8-11H2,1-2H3,(H,24,27). The van der Waals surface area contributed by atoms with Gasteiger partial charge in [-0.1, -0.05) is 30.3 Å². The van der Waals surface area contributed by atoms with Crippen LogP contribution >= 0.6 is 0 Å². The van der Waals surface area contributed by atoms with Crippen molar-refractivity contribution >= 4 is 17.2 Å². The average molecular weight is 360 g/mol. The van der Waals surface area contributed by atoms with Crippen LogP contribution in [0.5, 0.6) is 0 Å². The summed E-state index contributed by atoms with van der Waals surface area (Å²) in [4.78, 5) is 17.7. The van der Waals surface area contributed by atoms with E-state index in [0.717, 1.165) is 59.5 Å². The van der Waals surface area contributed by atoms with Crippen molar-refractivity contribution in [2.24, 2.45) is 0 Å². The second kappa shape index (κ2) is 6.12. The van der Waals surface area contributed by atoms with Crippen LogP contribution in [-0.4, -0.2) is 21.3 Å². The van der Waals surface area contributed by atoms with E-state index in [2.05, 4.69) is 46.2 Å². The highest BCUT2D eigenvalue weighted by Crippen LogP contribution is 2.38. The van der Waals surface area contributed by atoms with Gasteiger partial charge in [-0.25, -0.2) is 4.98 Å². The summed E-state index contributed by atoms with van der Waals surface area (Å²) in [5, 5.41) is 6.85. The number of aromatic nitrogens is 2. The van der Waals surface area contributed by atoms with Gasteiger partial charge in [-0.3, -0.25) is 4.79 Å². The van der Waals surface area contributed by atoms with E-state index in [9.17, 15) is 4.79 Å². The second-order valence-corrected chi connectivity index (χ2v) is 7.77. The number of carbonyl (C=O) groups is 1. The first-order valence-electron chi connectivity index (χ1n) is 9.75. The lowest BCUT2D eigenvalue weighted by Crippen LogP contribution is -2.29. The Morgan fingerprint density at radius 2 is 1.96 bits per heavy atom. The molecule has 0 radical (unpaired) electrons. The Balaban J connectivity index is 1.63. The number of carbonyl (C=O) groups excluding carboxylic acids is 1. The molecule has 2 aliphatic rings. The van der Waals surface area contributed by atoms with E-state index in [1.165, 1.54) is 5.56 Å². The first kappa shape index (κ1) is 16.4. The second-order valence-electron chi connectivity index (χ2n) is 7.77. The molecule has 0 spiro atoms. The number of aryl methyl sites for hydroxylation is 2. The van der Waals surface area contributed by atoms with E-state index in [4.69, 9.17) is 4.98 Å². The van der Waals surface area contributed by atoms with E-state index >= 15 is 0 Å². The highest BCUT2D eigenvalue weighted by molar-refractivity contribution is 5.99. The summed E-state index contributed by atoms with van der Waals surface area (Å²) in [6.45, 7) is 4.08. The van der Waals surface area contributed by atoms with Crippen molar-refractivity contribution in [2.45, 2.75) is 51.6 Å². The number of rotatable bonds is 3. The molecule has 1 amide bonds. The Labute approximate surface area is 158 Å². The Kier molecular flexibility index (Phi) is 3.71. The summed E-state index contributed by atoms with van der Waals surface area (Å²) in [5.74, 6) is 0.0429. The minimum Gasteiger partial charge on any atom is -0.375 e. The number of nitrogens with zero attached hydrogens (tertiary/aromatic N) is 2. The zero-order valence-electron chi connectivity index (χ0n) is 15.7. The summed E-state index contributed by atoms with van der Waals surface area (Å²) in [5.41, 5.74) is 7.16. The lowest BCUT2D eigenvalue weighted by molar-refractivity contribution is 0.0949. The Morgan fingerprint density at radius 3 is 2.70 bits per heavy atom. The number of imidazole rings is 1. The van der Waals surface area contributed by atoms with Gasteiger partial charge < -0.3 is 15.0 Å². The van der Waals surface area contributed by atoms with Crippen molar-refractivity contribution in [1.82, 2.24) is 14.7 Å². The van der Waals surface area contributed by atoms with E-state index < -0.39 is 0 Å². The molecule has 1 fully saturated rings. The summed E-state index contributed by atoms with van der Waals surface area (Å²) < 4.78 is 2.07. The number of pyridine rings is 1. The zero-order valence-corrected chi connectivity index (χ0v) is 15.7. The van der Waals surface area contributed by atoms with Crippen LogP contribution in [0.15, 0.2) is 36.5 Å². The Morgan fingerprint density at radius 1 is 1.19 bits per heavy atom. The van der Waals surface area contributed by atoms with Gasteiger partial charge in [0.25, 0.3) is 5.91 Å². The molecule has 1 aromatic carbocycles. The Hall–Kier alpha value is -2.82. The molecular formula is C22H24N4O. The maximum Gasteiger partial charge on any atom is 0.253 e. The quantitative estimate of drug-likeness (QED) is 0.744. The van der Waals surface area contributed by atoms with Gasteiger partial charge in [0.1, 0.15) is 0 Å². The van der Waals surface area contributed by atoms with Gasteiger partial charge in [-0.2, -0.15) is 0 Å². The van der Waals surface area contributed by atoms with Crippen LogP contribution in [0.1, 0.15) is 58.2 Å². The first-order chi connectivity index (χ1) is 13.1. The fraction of sp³-hybridized carbons (Fsp3) is 0.364. The largest absolute Gasteiger partial charge is 0.375 e. The molecule has 1 aliphatic carbocycles. The maximum absolute atomic E-state index is 12.9. The van der Waals surface area contributed by atoms with Crippen molar-refractivity contribution in [3.05, 3.63) is 64.6 Å².